The van der Waals surface area contributed by atoms with Gasteiger partial charge >= 0.3 is 0 Å². The molecular formula is C17H18BrN3O2S. The predicted molar refractivity (Wildman–Crippen MR) is 101 cm³/mol. The van der Waals surface area contributed by atoms with E-state index in [1.807, 2.05) is 50.5 Å². The van der Waals surface area contributed by atoms with Crippen molar-refractivity contribution in [2.24, 2.45) is 0 Å². The second-order valence-corrected chi connectivity index (χ2v) is 6.71. The number of carbonyl (C=O) groups excluding carboxylic acids is 1. The van der Waals surface area contributed by atoms with Gasteiger partial charge in [-0.1, -0.05) is 28.1 Å². The molecule has 0 amide bonds. The summed E-state index contributed by atoms with van der Waals surface area (Å²) in [4.78, 5) is 18.6. The van der Waals surface area contributed by atoms with Gasteiger partial charge < -0.3 is 14.5 Å². The van der Waals surface area contributed by atoms with E-state index in [1.165, 1.54) is 0 Å². The summed E-state index contributed by atoms with van der Waals surface area (Å²) in [5.41, 5.74) is 2.78. The fourth-order valence-corrected chi connectivity index (χ4v) is 2.89. The number of benzene rings is 1. The van der Waals surface area contributed by atoms with Gasteiger partial charge in [0.2, 0.25) is 0 Å². The zero-order chi connectivity index (χ0) is 17.5. The molecule has 0 aliphatic heterocycles. The maximum Gasteiger partial charge on any atom is 0.192 e. The number of anilines is 1. The van der Waals surface area contributed by atoms with Crippen LogP contribution in [0.5, 0.6) is 0 Å². The van der Waals surface area contributed by atoms with Crippen LogP contribution in [-0.2, 0) is 11.2 Å². The van der Waals surface area contributed by atoms with Crippen molar-refractivity contribution in [1.82, 2.24) is 9.97 Å². The molecule has 2 heterocycles. The Labute approximate surface area is 153 Å². The molecule has 0 fully saturated rings. The molecule has 24 heavy (non-hydrogen) atoms. The molecule has 0 unspecified atom stereocenters. The summed E-state index contributed by atoms with van der Waals surface area (Å²) in [6, 6.07) is 7.72. The molecule has 0 radical (unpaired) electrons. The summed E-state index contributed by atoms with van der Waals surface area (Å²) < 4.78 is 6.51. The van der Waals surface area contributed by atoms with Crippen molar-refractivity contribution in [2.75, 3.05) is 12.4 Å². The lowest BCUT2D eigenvalue weighted by molar-refractivity contribution is -0.107. The summed E-state index contributed by atoms with van der Waals surface area (Å²) >= 11 is 4.86. The third kappa shape index (κ3) is 5.01. The van der Waals surface area contributed by atoms with Gasteiger partial charge in [0.25, 0.3) is 0 Å². The Kier molecular flexibility index (Phi) is 6.69. The number of aromatic nitrogens is 2. The lowest BCUT2D eigenvalue weighted by Gasteiger charge is -1.92. The lowest BCUT2D eigenvalue weighted by atomic mass is 10.2. The number of carbonyl (C=O) groups is 1. The average Bonchev–Trinajstić information content (AvgIpc) is 3.16. The molecule has 1 aromatic carbocycles. The molecule has 0 aliphatic rings. The van der Waals surface area contributed by atoms with Gasteiger partial charge in [-0.3, -0.25) is 0 Å². The van der Waals surface area contributed by atoms with Gasteiger partial charge in [0.1, 0.15) is 12.0 Å². The maximum atomic E-state index is 10.0. The van der Waals surface area contributed by atoms with Gasteiger partial charge in [0.15, 0.2) is 16.8 Å². The third-order valence-corrected chi connectivity index (χ3v) is 4.47. The van der Waals surface area contributed by atoms with Crippen LogP contribution in [0.25, 0.3) is 11.5 Å². The number of rotatable bonds is 4. The van der Waals surface area contributed by atoms with Crippen LogP contribution in [0.1, 0.15) is 17.1 Å². The first-order valence-corrected chi connectivity index (χ1v) is 8.96. The highest BCUT2D eigenvalue weighted by atomic mass is 79.9. The summed E-state index contributed by atoms with van der Waals surface area (Å²) in [6.45, 7) is 3.76. The van der Waals surface area contributed by atoms with Gasteiger partial charge in [-0.05, 0) is 24.6 Å². The van der Waals surface area contributed by atoms with E-state index in [4.69, 9.17) is 4.42 Å². The van der Waals surface area contributed by atoms with E-state index in [0.717, 1.165) is 38.6 Å². The summed E-state index contributed by atoms with van der Waals surface area (Å²) in [5, 5.41) is 5.83. The molecule has 2 aromatic heterocycles. The van der Waals surface area contributed by atoms with E-state index >= 15 is 0 Å². The monoisotopic (exact) mass is 407 g/mol. The Morgan fingerprint density at radius 1 is 1.25 bits per heavy atom. The molecule has 126 valence electrons. The van der Waals surface area contributed by atoms with E-state index in [-0.39, 0.29) is 0 Å². The fraction of sp³-hybridized carbons (Fsp3) is 0.235. The molecule has 0 atom stereocenters. The van der Waals surface area contributed by atoms with Crippen LogP contribution in [0.15, 0.2) is 38.5 Å². The standard InChI is InChI=1S/C9H11N3OS.C8H7BrO/c1-5-8(13-6(2)11-5)7-4-14-9(10-3)12-7;9-8-3-1-7(2-4-8)5-6-10/h4H,1-3H3,(H,10,12);1-4,6H,5H2. The summed E-state index contributed by atoms with van der Waals surface area (Å²) in [7, 11) is 1.85. The first-order valence-electron chi connectivity index (χ1n) is 7.29. The number of nitrogens with one attached hydrogen (secondary N) is 1. The SMILES string of the molecule is CNc1nc(-c2oc(C)nc2C)cs1.O=CCc1ccc(Br)cc1. The van der Waals surface area contributed by atoms with Crippen molar-refractivity contribution in [3.8, 4) is 11.5 Å². The molecule has 5 nitrogen and oxygen atoms in total. The molecule has 1 N–H and O–H groups in total. The number of oxazole rings is 1. The van der Waals surface area contributed by atoms with Crippen molar-refractivity contribution in [3.63, 3.8) is 0 Å². The predicted octanol–water partition coefficient (Wildman–Crippen LogP) is 4.65. The van der Waals surface area contributed by atoms with Gasteiger partial charge in [0, 0.05) is 30.2 Å². The Hall–Kier alpha value is -1.99. The number of aldehydes is 1. The summed E-state index contributed by atoms with van der Waals surface area (Å²) in [6.07, 6.45) is 1.41. The topological polar surface area (TPSA) is 68.0 Å². The minimum atomic E-state index is 0.507. The highest BCUT2D eigenvalue weighted by Gasteiger charge is 2.12. The van der Waals surface area contributed by atoms with Crippen molar-refractivity contribution in [2.45, 2.75) is 20.3 Å². The van der Waals surface area contributed by atoms with Crippen LogP contribution in [-0.4, -0.2) is 23.3 Å². The smallest absolute Gasteiger partial charge is 0.192 e. The van der Waals surface area contributed by atoms with Gasteiger partial charge in [0.05, 0.1) is 5.69 Å². The zero-order valence-corrected chi connectivity index (χ0v) is 16.1. The summed E-state index contributed by atoms with van der Waals surface area (Å²) in [5.74, 6) is 1.44. The van der Waals surface area contributed by atoms with Crippen LogP contribution in [0, 0.1) is 13.8 Å². The first-order chi connectivity index (χ1) is 11.5. The average molecular weight is 408 g/mol. The van der Waals surface area contributed by atoms with Gasteiger partial charge in [-0.25, -0.2) is 9.97 Å². The minimum Gasteiger partial charge on any atom is -0.439 e. The molecule has 0 saturated carbocycles. The Morgan fingerprint density at radius 3 is 2.46 bits per heavy atom. The number of halogens is 1. The molecule has 3 rings (SSSR count). The normalized spacial score (nSPS) is 10.0. The minimum absolute atomic E-state index is 0.507. The number of nitrogens with zero attached hydrogens (tertiary/aromatic N) is 2. The first kappa shape index (κ1) is 18.4. The van der Waals surface area contributed by atoms with Gasteiger partial charge in [-0.2, -0.15) is 0 Å². The van der Waals surface area contributed by atoms with Crippen LogP contribution < -0.4 is 5.32 Å². The van der Waals surface area contributed by atoms with Crippen LogP contribution in [0.4, 0.5) is 5.13 Å². The van der Waals surface area contributed by atoms with Crippen LogP contribution in [0.2, 0.25) is 0 Å². The van der Waals surface area contributed by atoms with Crippen LogP contribution >= 0.6 is 27.3 Å². The van der Waals surface area contributed by atoms with Crippen molar-refractivity contribution in [3.05, 3.63) is 51.3 Å². The molecule has 0 saturated heterocycles. The number of aryl methyl sites for hydroxylation is 2. The van der Waals surface area contributed by atoms with Crippen molar-refractivity contribution >= 4 is 38.7 Å². The number of hydrogen-bond donors (Lipinski definition) is 1. The lowest BCUT2D eigenvalue weighted by Crippen LogP contribution is -1.86. The van der Waals surface area contributed by atoms with E-state index in [1.54, 1.807) is 11.3 Å². The third-order valence-electron chi connectivity index (χ3n) is 3.09. The number of hydrogen-bond acceptors (Lipinski definition) is 6. The molecule has 3 aromatic rings. The Balaban J connectivity index is 0.000000185. The maximum absolute atomic E-state index is 10.0. The van der Waals surface area contributed by atoms with Crippen LogP contribution in [0.3, 0.4) is 0 Å². The zero-order valence-electron chi connectivity index (χ0n) is 13.7. The quantitative estimate of drug-likeness (QED) is 0.637. The van der Waals surface area contributed by atoms with E-state index in [0.29, 0.717) is 12.3 Å². The van der Waals surface area contributed by atoms with E-state index < -0.39 is 0 Å². The molecule has 0 aliphatic carbocycles. The molecular weight excluding hydrogens is 390 g/mol. The van der Waals surface area contributed by atoms with Crippen molar-refractivity contribution in [1.29, 1.82) is 0 Å². The second-order valence-electron chi connectivity index (χ2n) is 4.93. The fourth-order valence-electron chi connectivity index (χ4n) is 1.98. The Bertz CT molecular complexity index is 797. The molecule has 7 heteroatoms. The van der Waals surface area contributed by atoms with Crippen molar-refractivity contribution < 1.29 is 9.21 Å². The largest absolute Gasteiger partial charge is 0.439 e. The van der Waals surface area contributed by atoms with Gasteiger partial charge in [-0.15, -0.1) is 11.3 Å². The highest BCUT2D eigenvalue weighted by molar-refractivity contribution is 9.10. The van der Waals surface area contributed by atoms with E-state index in [2.05, 4.69) is 31.2 Å². The highest BCUT2D eigenvalue weighted by Crippen LogP contribution is 2.27. The Morgan fingerprint density at radius 2 is 1.96 bits per heavy atom. The molecule has 0 spiro atoms. The molecule has 0 bridgehead atoms. The second kappa shape index (κ2) is 8.75. The van der Waals surface area contributed by atoms with E-state index in [9.17, 15) is 4.79 Å². The number of thiazole rings is 1.